The van der Waals surface area contributed by atoms with Crippen molar-refractivity contribution in [2.45, 2.75) is 38.2 Å². The first-order valence-corrected chi connectivity index (χ1v) is 5.16. The molecule has 1 fully saturated rings. The maximum Gasteiger partial charge on any atom is 0.132 e. The Morgan fingerprint density at radius 3 is 2.33 bits per heavy atom. The number of rotatable bonds is 2. The Labute approximate surface area is 87.7 Å². The third-order valence-corrected chi connectivity index (χ3v) is 2.91. The topological polar surface area (TPSA) is 20.2 Å². The molecule has 82 valence electrons. The molecule has 3 heteroatoms. The fourth-order valence-corrected chi connectivity index (χ4v) is 1.76. The number of benzene rings is 1. The van der Waals surface area contributed by atoms with E-state index in [0.717, 1.165) is 6.07 Å². The van der Waals surface area contributed by atoms with E-state index in [9.17, 15) is 13.9 Å². The molecular formula is C12H14F2O. The van der Waals surface area contributed by atoms with Crippen molar-refractivity contribution in [2.24, 2.45) is 0 Å². The highest BCUT2D eigenvalue weighted by Gasteiger charge is 2.45. The summed E-state index contributed by atoms with van der Waals surface area (Å²) < 4.78 is 27.2. The molecule has 1 saturated carbocycles. The number of hydrogen-bond acceptors (Lipinski definition) is 1. The average molecular weight is 212 g/mol. The molecule has 1 nitrogen and oxygen atoms in total. The summed E-state index contributed by atoms with van der Waals surface area (Å²) in [5, 5.41) is 9.80. The van der Waals surface area contributed by atoms with Gasteiger partial charge in [0.2, 0.25) is 0 Å². The predicted molar refractivity (Wildman–Crippen MR) is 53.6 cm³/mol. The third kappa shape index (κ3) is 1.76. The van der Waals surface area contributed by atoms with Crippen molar-refractivity contribution >= 4 is 0 Å². The van der Waals surface area contributed by atoms with Crippen molar-refractivity contribution in [3.05, 3.63) is 34.9 Å². The first-order chi connectivity index (χ1) is 6.94. The molecule has 0 spiro atoms. The summed E-state index contributed by atoms with van der Waals surface area (Å²) in [4.78, 5) is 0. The second-order valence-corrected chi connectivity index (χ2v) is 4.54. The Morgan fingerprint density at radius 2 is 1.87 bits per heavy atom. The lowest BCUT2D eigenvalue weighted by molar-refractivity contribution is 0.146. The van der Waals surface area contributed by atoms with Gasteiger partial charge in [-0.05, 0) is 36.5 Å². The van der Waals surface area contributed by atoms with Gasteiger partial charge in [-0.15, -0.1) is 0 Å². The SMILES string of the molecule is CC(C)c1cc(F)cc(C2(O)CC2)c1F. The summed E-state index contributed by atoms with van der Waals surface area (Å²) in [6, 6.07) is 2.31. The van der Waals surface area contributed by atoms with Gasteiger partial charge in [-0.25, -0.2) is 8.78 Å². The van der Waals surface area contributed by atoms with Gasteiger partial charge in [-0.3, -0.25) is 0 Å². The molecule has 0 unspecified atom stereocenters. The van der Waals surface area contributed by atoms with E-state index in [1.165, 1.54) is 6.07 Å². The largest absolute Gasteiger partial charge is 0.385 e. The Kier molecular flexibility index (Phi) is 2.30. The monoisotopic (exact) mass is 212 g/mol. The Morgan fingerprint density at radius 1 is 1.27 bits per heavy atom. The zero-order valence-electron chi connectivity index (χ0n) is 8.85. The van der Waals surface area contributed by atoms with Gasteiger partial charge >= 0.3 is 0 Å². The molecule has 0 aromatic heterocycles. The lowest BCUT2D eigenvalue weighted by atomic mass is 9.96. The average Bonchev–Trinajstić information content (AvgIpc) is 2.88. The summed E-state index contributed by atoms with van der Waals surface area (Å²) in [5.74, 6) is -1.01. The molecule has 1 aromatic rings. The molecule has 15 heavy (non-hydrogen) atoms. The third-order valence-electron chi connectivity index (χ3n) is 2.91. The van der Waals surface area contributed by atoms with Crippen LogP contribution in [-0.2, 0) is 5.60 Å². The minimum absolute atomic E-state index is 0.0817. The summed E-state index contributed by atoms with van der Waals surface area (Å²) in [7, 11) is 0. The van der Waals surface area contributed by atoms with Crippen LogP contribution in [0.15, 0.2) is 12.1 Å². The molecular weight excluding hydrogens is 198 g/mol. The van der Waals surface area contributed by atoms with E-state index in [1.807, 2.05) is 0 Å². The zero-order chi connectivity index (χ0) is 11.2. The summed E-state index contributed by atoms with van der Waals surface area (Å²) in [5.41, 5.74) is -0.660. The zero-order valence-corrected chi connectivity index (χ0v) is 8.85. The van der Waals surface area contributed by atoms with Crippen LogP contribution in [0.3, 0.4) is 0 Å². The second-order valence-electron chi connectivity index (χ2n) is 4.54. The maximum absolute atomic E-state index is 13.9. The predicted octanol–water partition coefficient (Wildman–Crippen LogP) is 3.07. The van der Waals surface area contributed by atoms with Crippen molar-refractivity contribution < 1.29 is 13.9 Å². The van der Waals surface area contributed by atoms with Crippen LogP contribution in [0.2, 0.25) is 0 Å². The molecule has 1 aliphatic carbocycles. The second kappa shape index (κ2) is 3.27. The van der Waals surface area contributed by atoms with Gasteiger partial charge < -0.3 is 5.11 Å². The standard InChI is InChI=1S/C12H14F2O/c1-7(2)9-5-8(13)6-10(11(9)14)12(15)3-4-12/h5-7,15H,3-4H2,1-2H3. The van der Waals surface area contributed by atoms with E-state index in [2.05, 4.69) is 0 Å². The van der Waals surface area contributed by atoms with Crippen LogP contribution >= 0.6 is 0 Å². The van der Waals surface area contributed by atoms with Crippen LogP contribution in [0.1, 0.15) is 43.7 Å². The van der Waals surface area contributed by atoms with Crippen molar-refractivity contribution in [1.29, 1.82) is 0 Å². The van der Waals surface area contributed by atoms with Crippen LogP contribution in [0.25, 0.3) is 0 Å². The van der Waals surface area contributed by atoms with Crippen molar-refractivity contribution in [1.82, 2.24) is 0 Å². The van der Waals surface area contributed by atoms with Gasteiger partial charge in [-0.1, -0.05) is 13.8 Å². The first kappa shape index (κ1) is 10.6. The number of aliphatic hydroxyl groups is 1. The van der Waals surface area contributed by atoms with Gasteiger partial charge in [-0.2, -0.15) is 0 Å². The molecule has 0 heterocycles. The van der Waals surface area contributed by atoms with Crippen molar-refractivity contribution in [2.75, 3.05) is 0 Å². The smallest absolute Gasteiger partial charge is 0.132 e. The molecule has 0 amide bonds. The summed E-state index contributed by atoms with van der Waals surface area (Å²) in [6.07, 6.45) is 1.04. The summed E-state index contributed by atoms with van der Waals surface area (Å²) in [6.45, 7) is 3.61. The Hall–Kier alpha value is -0.960. The molecule has 1 aliphatic rings. The van der Waals surface area contributed by atoms with Crippen LogP contribution in [-0.4, -0.2) is 5.11 Å². The van der Waals surface area contributed by atoms with E-state index >= 15 is 0 Å². The Balaban J connectivity index is 2.55. The fraction of sp³-hybridized carbons (Fsp3) is 0.500. The molecule has 2 rings (SSSR count). The molecule has 0 bridgehead atoms. The van der Waals surface area contributed by atoms with E-state index in [1.54, 1.807) is 13.8 Å². The molecule has 0 aliphatic heterocycles. The summed E-state index contributed by atoms with van der Waals surface area (Å²) >= 11 is 0. The minimum Gasteiger partial charge on any atom is -0.385 e. The first-order valence-electron chi connectivity index (χ1n) is 5.16. The van der Waals surface area contributed by atoms with E-state index in [0.29, 0.717) is 18.4 Å². The lowest BCUT2D eigenvalue weighted by Gasteiger charge is -2.15. The maximum atomic E-state index is 13.9. The normalized spacial score (nSPS) is 18.3. The highest BCUT2D eigenvalue weighted by molar-refractivity contribution is 5.35. The van der Waals surface area contributed by atoms with E-state index in [4.69, 9.17) is 0 Å². The minimum atomic E-state index is -1.12. The molecule has 1 N–H and O–H groups in total. The number of hydrogen-bond donors (Lipinski definition) is 1. The van der Waals surface area contributed by atoms with Gasteiger partial charge in [0.25, 0.3) is 0 Å². The van der Waals surface area contributed by atoms with Gasteiger partial charge in [0, 0.05) is 5.56 Å². The fourth-order valence-electron chi connectivity index (χ4n) is 1.76. The van der Waals surface area contributed by atoms with Gasteiger partial charge in [0.1, 0.15) is 11.6 Å². The van der Waals surface area contributed by atoms with Crippen LogP contribution in [0, 0.1) is 11.6 Å². The molecule has 0 atom stereocenters. The van der Waals surface area contributed by atoms with E-state index < -0.39 is 17.2 Å². The van der Waals surface area contributed by atoms with Crippen molar-refractivity contribution in [3.63, 3.8) is 0 Å². The Bertz CT molecular complexity index is 395. The highest BCUT2D eigenvalue weighted by atomic mass is 19.1. The molecule has 1 aromatic carbocycles. The molecule has 0 saturated heterocycles. The molecule has 0 radical (unpaired) electrons. The quantitative estimate of drug-likeness (QED) is 0.798. The van der Waals surface area contributed by atoms with E-state index in [-0.39, 0.29) is 11.5 Å². The highest BCUT2D eigenvalue weighted by Crippen LogP contribution is 2.47. The van der Waals surface area contributed by atoms with Crippen molar-refractivity contribution in [3.8, 4) is 0 Å². The van der Waals surface area contributed by atoms with Crippen LogP contribution in [0.5, 0.6) is 0 Å². The lowest BCUT2D eigenvalue weighted by Crippen LogP contribution is -2.11. The van der Waals surface area contributed by atoms with Gasteiger partial charge in [0.15, 0.2) is 0 Å². The van der Waals surface area contributed by atoms with Gasteiger partial charge in [0.05, 0.1) is 5.60 Å². The van der Waals surface area contributed by atoms with Crippen LogP contribution in [0.4, 0.5) is 8.78 Å². The van der Waals surface area contributed by atoms with Crippen LogP contribution < -0.4 is 0 Å². The number of halogens is 2.